The third kappa shape index (κ3) is 3.66. The van der Waals surface area contributed by atoms with Gasteiger partial charge in [0.15, 0.2) is 0 Å². The summed E-state index contributed by atoms with van der Waals surface area (Å²) in [6.07, 6.45) is 1.57. The lowest BCUT2D eigenvalue weighted by Crippen LogP contribution is -2.38. The highest BCUT2D eigenvalue weighted by molar-refractivity contribution is 6.18. The fourth-order valence-electron chi connectivity index (χ4n) is 1.81. The van der Waals surface area contributed by atoms with Gasteiger partial charge >= 0.3 is 0 Å². The molecule has 0 radical (unpaired) electrons. The molecule has 0 fully saturated rings. The number of rotatable bonds is 6. The van der Waals surface area contributed by atoms with Crippen molar-refractivity contribution >= 4 is 17.5 Å². The Bertz CT molecular complexity index is 419. The number of alkyl halides is 1. The number of nitrogens with one attached hydrogen (secondary N) is 1. The Labute approximate surface area is 117 Å². The molecule has 0 saturated carbocycles. The van der Waals surface area contributed by atoms with E-state index < -0.39 is 23.1 Å². The van der Waals surface area contributed by atoms with Crippen molar-refractivity contribution in [1.29, 1.82) is 0 Å². The average molecular weight is 290 g/mol. The van der Waals surface area contributed by atoms with Crippen LogP contribution in [0.2, 0.25) is 0 Å². The minimum atomic E-state index is -0.859. The third-order valence-corrected chi connectivity index (χ3v) is 4.16. The zero-order chi connectivity index (χ0) is 14.5. The van der Waals surface area contributed by atoms with Gasteiger partial charge < -0.3 is 5.32 Å². The van der Waals surface area contributed by atoms with Crippen LogP contribution in [0.25, 0.3) is 0 Å². The summed E-state index contributed by atoms with van der Waals surface area (Å²) in [6.45, 7) is 4.25. The Morgan fingerprint density at radius 1 is 1.26 bits per heavy atom. The smallest absolute Gasteiger partial charge is 0.257 e. The van der Waals surface area contributed by atoms with Crippen molar-refractivity contribution in [2.45, 2.75) is 26.7 Å². The van der Waals surface area contributed by atoms with E-state index in [4.69, 9.17) is 11.6 Å². The Kier molecular flexibility index (Phi) is 5.73. The van der Waals surface area contributed by atoms with Crippen LogP contribution in [0.5, 0.6) is 0 Å². The van der Waals surface area contributed by atoms with Gasteiger partial charge in [-0.2, -0.15) is 0 Å². The number of halogens is 3. The molecular weight excluding hydrogens is 272 g/mol. The van der Waals surface area contributed by atoms with Gasteiger partial charge in [-0.3, -0.25) is 4.79 Å². The van der Waals surface area contributed by atoms with Gasteiger partial charge in [0.1, 0.15) is 17.2 Å². The van der Waals surface area contributed by atoms with Crippen LogP contribution in [0.15, 0.2) is 18.2 Å². The Morgan fingerprint density at radius 2 is 1.79 bits per heavy atom. The van der Waals surface area contributed by atoms with E-state index in [1.807, 2.05) is 13.8 Å². The first-order chi connectivity index (χ1) is 8.99. The lowest BCUT2D eigenvalue weighted by molar-refractivity contribution is 0.0923. The molecule has 0 aromatic heterocycles. The van der Waals surface area contributed by atoms with Crippen molar-refractivity contribution < 1.29 is 13.6 Å². The van der Waals surface area contributed by atoms with Crippen LogP contribution in [-0.4, -0.2) is 18.3 Å². The fraction of sp³-hybridized carbons (Fsp3) is 0.500. The van der Waals surface area contributed by atoms with Crippen molar-refractivity contribution in [3.63, 3.8) is 0 Å². The van der Waals surface area contributed by atoms with Gasteiger partial charge in [-0.15, -0.1) is 11.6 Å². The van der Waals surface area contributed by atoms with Crippen molar-refractivity contribution in [2.24, 2.45) is 5.41 Å². The molecule has 0 bridgehead atoms. The van der Waals surface area contributed by atoms with Gasteiger partial charge in [-0.1, -0.05) is 19.9 Å². The summed E-state index contributed by atoms with van der Waals surface area (Å²) in [5.41, 5.74) is -0.781. The number of carbonyl (C=O) groups excluding carboxylic acids is 1. The van der Waals surface area contributed by atoms with E-state index in [-0.39, 0.29) is 5.41 Å². The first-order valence-corrected chi connectivity index (χ1v) is 6.81. The molecule has 1 rings (SSSR count). The van der Waals surface area contributed by atoms with Crippen LogP contribution in [0.3, 0.4) is 0 Å². The van der Waals surface area contributed by atoms with E-state index >= 15 is 0 Å². The molecular formula is C14H18ClF2NO. The van der Waals surface area contributed by atoms with E-state index in [0.717, 1.165) is 25.0 Å². The molecule has 106 valence electrons. The highest BCUT2D eigenvalue weighted by atomic mass is 35.5. The minimum Gasteiger partial charge on any atom is -0.351 e. The monoisotopic (exact) mass is 289 g/mol. The molecule has 0 aliphatic carbocycles. The molecule has 0 saturated heterocycles. The lowest BCUT2D eigenvalue weighted by atomic mass is 9.84. The summed E-state index contributed by atoms with van der Waals surface area (Å²) >= 11 is 5.92. The third-order valence-electron chi connectivity index (χ3n) is 3.60. The number of benzene rings is 1. The SMILES string of the molecule is CCC(CC)(CCl)CNC(=O)c1c(F)cccc1F. The lowest BCUT2D eigenvalue weighted by Gasteiger charge is -2.29. The van der Waals surface area contributed by atoms with Crippen LogP contribution in [0, 0.1) is 17.0 Å². The van der Waals surface area contributed by atoms with Gasteiger partial charge in [0.25, 0.3) is 5.91 Å². The van der Waals surface area contributed by atoms with E-state index in [2.05, 4.69) is 5.32 Å². The summed E-state index contributed by atoms with van der Waals surface area (Å²) in [7, 11) is 0. The van der Waals surface area contributed by atoms with Crippen molar-refractivity contribution in [2.75, 3.05) is 12.4 Å². The van der Waals surface area contributed by atoms with Gasteiger partial charge in [0, 0.05) is 17.8 Å². The largest absolute Gasteiger partial charge is 0.351 e. The second-order valence-corrected chi connectivity index (χ2v) is 4.89. The summed E-state index contributed by atoms with van der Waals surface area (Å²) in [6, 6.07) is 3.35. The van der Waals surface area contributed by atoms with Gasteiger partial charge in [-0.25, -0.2) is 8.78 Å². The molecule has 1 N–H and O–H groups in total. The first kappa shape index (κ1) is 15.9. The molecule has 19 heavy (non-hydrogen) atoms. The second-order valence-electron chi connectivity index (χ2n) is 4.62. The van der Waals surface area contributed by atoms with Crippen molar-refractivity contribution in [1.82, 2.24) is 5.32 Å². The average Bonchev–Trinajstić information content (AvgIpc) is 2.41. The molecule has 0 heterocycles. The summed E-state index contributed by atoms with van der Waals surface area (Å²) in [5, 5.41) is 2.57. The van der Waals surface area contributed by atoms with Crippen molar-refractivity contribution in [3.8, 4) is 0 Å². The zero-order valence-electron chi connectivity index (χ0n) is 11.1. The minimum absolute atomic E-state index is 0.237. The topological polar surface area (TPSA) is 29.1 Å². The van der Waals surface area contributed by atoms with Crippen molar-refractivity contribution in [3.05, 3.63) is 35.4 Å². The van der Waals surface area contributed by atoms with E-state index in [1.54, 1.807) is 0 Å². The Morgan fingerprint density at radius 3 is 2.21 bits per heavy atom. The quantitative estimate of drug-likeness (QED) is 0.794. The summed E-state index contributed by atoms with van der Waals surface area (Å²) in [4.78, 5) is 11.8. The van der Waals surface area contributed by atoms with Crippen LogP contribution in [0.4, 0.5) is 8.78 Å². The van der Waals surface area contributed by atoms with Crippen LogP contribution in [0.1, 0.15) is 37.0 Å². The number of amides is 1. The summed E-state index contributed by atoms with van der Waals surface area (Å²) < 4.78 is 26.9. The predicted octanol–water partition coefficient (Wildman–Crippen LogP) is 3.74. The molecule has 1 aromatic rings. The Balaban J connectivity index is 2.81. The Hall–Kier alpha value is -1.16. The fourth-order valence-corrected chi connectivity index (χ4v) is 2.28. The molecule has 0 spiro atoms. The van der Waals surface area contributed by atoms with E-state index in [1.165, 1.54) is 6.07 Å². The molecule has 1 amide bonds. The maximum atomic E-state index is 13.4. The molecule has 0 atom stereocenters. The number of hydrogen-bond donors (Lipinski definition) is 1. The molecule has 0 aliphatic rings. The molecule has 1 aromatic carbocycles. The van der Waals surface area contributed by atoms with Gasteiger partial charge in [0.05, 0.1) is 0 Å². The van der Waals surface area contributed by atoms with E-state index in [0.29, 0.717) is 12.4 Å². The molecule has 0 unspecified atom stereocenters. The second kappa shape index (κ2) is 6.85. The normalized spacial score (nSPS) is 11.4. The highest BCUT2D eigenvalue weighted by Crippen LogP contribution is 2.27. The van der Waals surface area contributed by atoms with Crippen LogP contribution < -0.4 is 5.32 Å². The van der Waals surface area contributed by atoms with E-state index in [9.17, 15) is 13.6 Å². The van der Waals surface area contributed by atoms with Gasteiger partial charge in [-0.05, 0) is 25.0 Å². The van der Waals surface area contributed by atoms with Gasteiger partial charge in [0.2, 0.25) is 0 Å². The standard InChI is InChI=1S/C14H18ClF2NO/c1-3-14(4-2,8-15)9-18-13(19)12-10(16)6-5-7-11(12)17/h5-7H,3-4,8-9H2,1-2H3,(H,18,19). The molecule has 5 heteroatoms. The number of carbonyl (C=O) groups is 1. The van der Waals surface area contributed by atoms with Crippen LogP contribution in [-0.2, 0) is 0 Å². The maximum Gasteiger partial charge on any atom is 0.257 e. The van der Waals surface area contributed by atoms with Crippen LogP contribution >= 0.6 is 11.6 Å². The number of hydrogen-bond acceptors (Lipinski definition) is 1. The molecule has 2 nitrogen and oxygen atoms in total. The summed E-state index contributed by atoms with van der Waals surface area (Å²) in [5.74, 6) is -2.07. The first-order valence-electron chi connectivity index (χ1n) is 6.28. The maximum absolute atomic E-state index is 13.4. The predicted molar refractivity (Wildman–Crippen MR) is 72.4 cm³/mol. The molecule has 0 aliphatic heterocycles. The zero-order valence-corrected chi connectivity index (χ0v) is 11.9. The highest BCUT2D eigenvalue weighted by Gasteiger charge is 2.27.